The topological polar surface area (TPSA) is 74.8 Å². The highest BCUT2D eigenvalue weighted by Crippen LogP contribution is 2.31. The van der Waals surface area contributed by atoms with E-state index in [4.69, 9.17) is 9.73 Å². The van der Waals surface area contributed by atoms with Crippen LogP contribution in [0.25, 0.3) is 0 Å². The fourth-order valence-corrected chi connectivity index (χ4v) is 3.59. The van der Waals surface area contributed by atoms with Crippen LogP contribution in [0.1, 0.15) is 63.0 Å². The normalized spacial score (nSPS) is 17.2. The van der Waals surface area contributed by atoms with Crippen molar-refractivity contribution in [3.63, 3.8) is 0 Å². The number of aryl methyl sites for hydroxylation is 1. The van der Waals surface area contributed by atoms with Gasteiger partial charge in [-0.1, -0.05) is 25.0 Å². The number of hydrogen-bond donors (Lipinski definition) is 3. The van der Waals surface area contributed by atoms with Crippen LogP contribution in [-0.2, 0) is 11.3 Å². The molecule has 2 aliphatic carbocycles. The monoisotopic (exact) mass is 400 g/mol. The Kier molecular flexibility index (Phi) is 8.20. The predicted octanol–water partition coefficient (Wildman–Crippen LogP) is 3.29. The Morgan fingerprint density at radius 1 is 1.17 bits per heavy atom. The summed E-state index contributed by atoms with van der Waals surface area (Å²) in [4.78, 5) is 16.8. The first-order valence-corrected chi connectivity index (χ1v) is 11.2. The van der Waals surface area contributed by atoms with Crippen molar-refractivity contribution in [1.29, 1.82) is 0 Å². The lowest BCUT2D eigenvalue weighted by molar-refractivity contribution is -0.121. The Hall–Kier alpha value is -2.24. The molecule has 160 valence electrons. The number of nitrogens with zero attached hydrogens (tertiary/aromatic N) is 1. The molecule has 0 atom stereocenters. The minimum atomic E-state index is 0.120. The van der Waals surface area contributed by atoms with Crippen LogP contribution in [0.4, 0.5) is 0 Å². The Labute approximate surface area is 174 Å². The summed E-state index contributed by atoms with van der Waals surface area (Å²) in [5.74, 6) is 2.51. The number of nitrogens with one attached hydrogen (secondary N) is 3. The summed E-state index contributed by atoms with van der Waals surface area (Å²) in [5.41, 5.74) is 2.29. The third-order valence-corrected chi connectivity index (χ3v) is 5.51. The van der Waals surface area contributed by atoms with Crippen LogP contribution in [0.15, 0.2) is 23.2 Å². The van der Waals surface area contributed by atoms with E-state index in [9.17, 15) is 4.79 Å². The van der Waals surface area contributed by atoms with Gasteiger partial charge in [0.2, 0.25) is 5.91 Å². The number of carbonyl (C=O) groups is 1. The molecule has 0 unspecified atom stereocenters. The zero-order chi connectivity index (χ0) is 20.5. The third-order valence-electron chi connectivity index (χ3n) is 5.51. The number of carbonyl (C=O) groups excluding carboxylic acids is 1. The average Bonchev–Trinajstić information content (AvgIpc) is 3.40. The van der Waals surface area contributed by atoms with Gasteiger partial charge in [-0.05, 0) is 57.1 Å². The number of aliphatic imine (C=N–C) groups is 1. The van der Waals surface area contributed by atoms with E-state index in [0.29, 0.717) is 25.6 Å². The first-order valence-electron chi connectivity index (χ1n) is 11.2. The van der Waals surface area contributed by atoms with E-state index >= 15 is 0 Å². The Bertz CT molecular complexity index is 694. The quantitative estimate of drug-likeness (QED) is 0.416. The lowest BCUT2D eigenvalue weighted by Gasteiger charge is -2.15. The van der Waals surface area contributed by atoms with Gasteiger partial charge < -0.3 is 20.7 Å². The highest BCUT2D eigenvalue weighted by atomic mass is 16.5. The van der Waals surface area contributed by atoms with Crippen LogP contribution in [0.3, 0.4) is 0 Å². The minimum absolute atomic E-state index is 0.120. The molecule has 0 saturated heterocycles. The molecule has 6 nitrogen and oxygen atoms in total. The molecule has 2 saturated carbocycles. The number of ether oxygens (including phenoxy) is 1. The third kappa shape index (κ3) is 7.59. The molecule has 0 heterocycles. The fourth-order valence-electron chi connectivity index (χ4n) is 3.59. The summed E-state index contributed by atoms with van der Waals surface area (Å²) in [6, 6.07) is 6.67. The second kappa shape index (κ2) is 11.1. The van der Waals surface area contributed by atoms with E-state index in [-0.39, 0.29) is 5.91 Å². The molecule has 3 rings (SSSR count). The molecular weight excluding hydrogens is 364 g/mol. The molecule has 3 N–H and O–H groups in total. The van der Waals surface area contributed by atoms with Crippen LogP contribution in [0.5, 0.6) is 5.75 Å². The van der Waals surface area contributed by atoms with Crippen molar-refractivity contribution in [2.45, 2.75) is 71.4 Å². The zero-order valence-corrected chi connectivity index (χ0v) is 17.9. The largest absolute Gasteiger partial charge is 0.493 e. The van der Waals surface area contributed by atoms with Gasteiger partial charge in [0, 0.05) is 31.1 Å². The Morgan fingerprint density at radius 2 is 1.97 bits per heavy atom. The number of benzene rings is 1. The van der Waals surface area contributed by atoms with Crippen molar-refractivity contribution in [2.75, 3.05) is 19.7 Å². The molecule has 6 heteroatoms. The second-order valence-electron chi connectivity index (χ2n) is 8.29. The standard InChI is InChI=1S/C23H36N4O2/c1-3-24-23(25-13-12-22(28)27-20-6-4-5-7-20)26-15-19-11-8-17(2)14-21(19)29-16-18-9-10-18/h8,11,14,18,20H,3-7,9-10,12-13,15-16H2,1-2H3,(H,27,28)(H2,24,25,26). The summed E-state index contributed by atoms with van der Waals surface area (Å²) >= 11 is 0. The Balaban J connectivity index is 1.49. The van der Waals surface area contributed by atoms with E-state index < -0.39 is 0 Å². The number of amides is 1. The van der Waals surface area contributed by atoms with E-state index in [1.807, 2.05) is 6.92 Å². The minimum Gasteiger partial charge on any atom is -0.493 e. The van der Waals surface area contributed by atoms with Crippen molar-refractivity contribution in [1.82, 2.24) is 16.0 Å². The number of hydrogen-bond acceptors (Lipinski definition) is 3. The van der Waals surface area contributed by atoms with Gasteiger partial charge >= 0.3 is 0 Å². The summed E-state index contributed by atoms with van der Waals surface area (Å²) in [5, 5.41) is 9.66. The van der Waals surface area contributed by atoms with Crippen LogP contribution < -0.4 is 20.7 Å². The van der Waals surface area contributed by atoms with Gasteiger partial charge in [0.15, 0.2) is 5.96 Å². The van der Waals surface area contributed by atoms with Gasteiger partial charge in [-0.15, -0.1) is 0 Å². The maximum Gasteiger partial charge on any atom is 0.221 e. The number of guanidine groups is 1. The van der Waals surface area contributed by atoms with Gasteiger partial charge in [-0.3, -0.25) is 4.79 Å². The van der Waals surface area contributed by atoms with Crippen LogP contribution in [0, 0.1) is 12.8 Å². The second-order valence-corrected chi connectivity index (χ2v) is 8.29. The summed E-state index contributed by atoms with van der Waals surface area (Å²) in [6.45, 7) is 6.82. The average molecular weight is 401 g/mol. The van der Waals surface area contributed by atoms with Crippen LogP contribution in [-0.4, -0.2) is 37.6 Å². The van der Waals surface area contributed by atoms with Crippen LogP contribution >= 0.6 is 0 Å². The van der Waals surface area contributed by atoms with E-state index in [1.165, 1.54) is 31.2 Å². The molecule has 0 aliphatic heterocycles. The van der Waals surface area contributed by atoms with Crippen molar-refractivity contribution in [3.05, 3.63) is 29.3 Å². The highest BCUT2D eigenvalue weighted by Gasteiger charge is 2.22. The maximum atomic E-state index is 12.1. The van der Waals surface area contributed by atoms with Crippen molar-refractivity contribution < 1.29 is 9.53 Å². The number of rotatable bonds is 10. The molecule has 1 aromatic rings. The zero-order valence-electron chi connectivity index (χ0n) is 17.9. The molecular formula is C23H36N4O2. The maximum absolute atomic E-state index is 12.1. The molecule has 2 aliphatic rings. The summed E-state index contributed by atoms with van der Waals surface area (Å²) < 4.78 is 6.05. The van der Waals surface area contributed by atoms with Gasteiger partial charge in [0.05, 0.1) is 13.2 Å². The van der Waals surface area contributed by atoms with E-state index in [0.717, 1.165) is 49.2 Å². The first kappa shape index (κ1) is 21.5. The van der Waals surface area contributed by atoms with E-state index in [1.54, 1.807) is 0 Å². The van der Waals surface area contributed by atoms with Crippen molar-refractivity contribution >= 4 is 11.9 Å². The smallest absolute Gasteiger partial charge is 0.221 e. The summed E-state index contributed by atoms with van der Waals surface area (Å²) in [7, 11) is 0. The van der Waals surface area contributed by atoms with Gasteiger partial charge in [-0.25, -0.2) is 4.99 Å². The van der Waals surface area contributed by atoms with Gasteiger partial charge in [0.25, 0.3) is 0 Å². The predicted molar refractivity (Wildman–Crippen MR) is 117 cm³/mol. The molecule has 0 bridgehead atoms. The van der Waals surface area contributed by atoms with E-state index in [2.05, 4.69) is 41.1 Å². The summed E-state index contributed by atoms with van der Waals surface area (Å²) in [6.07, 6.45) is 7.71. The SMILES string of the molecule is CCNC(=NCc1ccc(C)cc1OCC1CC1)NCCC(=O)NC1CCCC1. The molecule has 0 aromatic heterocycles. The van der Waals surface area contributed by atoms with Gasteiger partial charge in [0.1, 0.15) is 5.75 Å². The van der Waals surface area contributed by atoms with Crippen molar-refractivity contribution in [2.24, 2.45) is 10.9 Å². The molecule has 0 radical (unpaired) electrons. The molecule has 1 aromatic carbocycles. The Morgan fingerprint density at radius 3 is 2.69 bits per heavy atom. The lowest BCUT2D eigenvalue weighted by Crippen LogP contribution is -2.40. The van der Waals surface area contributed by atoms with Gasteiger partial charge in [-0.2, -0.15) is 0 Å². The fraction of sp³-hybridized carbons (Fsp3) is 0.652. The molecule has 0 spiro atoms. The van der Waals surface area contributed by atoms with Crippen molar-refractivity contribution in [3.8, 4) is 5.75 Å². The first-order chi connectivity index (χ1) is 14.1. The lowest BCUT2D eigenvalue weighted by atomic mass is 10.1. The molecule has 29 heavy (non-hydrogen) atoms. The molecule has 1 amide bonds. The van der Waals surface area contributed by atoms with Crippen LogP contribution in [0.2, 0.25) is 0 Å². The molecule has 2 fully saturated rings. The highest BCUT2D eigenvalue weighted by molar-refractivity contribution is 5.81.